The van der Waals surface area contributed by atoms with E-state index in [1.54, 1.807) is 29.9 Å². The molecule has 0 aliphatic carbocycles. The first-order chi connectivity index (χ1) is 12.1. The number of pyridine rings is 2. The molecule has 0 saturated heterocycles. The van der Waals surface area contributed by atoms with Crippen LogP contribution in [0.1, 0.15) is 5.69 Å². The third-order valence-corrected chi connectivity index (χ3v) is 5.59. The number of halogens is 3. The Morgan fingerprint density at radius 3 is 2.64 bits per heavy atom. The Labute approximate surface area is 157 Å². The largest absolute Gasteiger partial charge is 0.253 e. The van der Waals surface area contributed by atoms with E-state index < -0.39 is 5.82 Å². The number of nitrogens with zero attached hydrogens (tertiary/aromatic N) is 3. The summed E-state index contributed by atoms with van der Waals surface area (Å²) in [6, 6.07) is 8.26. The summed E-state index contributed by atoms with van der Waals surface area (Å²) < 4.78 is 14.3. The molecule has 124 valence electrons. The lowest BCUT2D eigenvalue weighted by Gasteiger charge is -2.11. The highest BCUT2D eigenvalue weighted by atomic mass is 35.5. The van der Waals surface area contributed by atoms with Crippen LogP contribution in [0.5, 0.6) is 0 Å². The summed E-state index contributed by atoms with van der Waals surface area (Å²) >= 11 is 14.1. The van der Waals surface area contributed by atoms with E-state index in [4.69, 9.17) is 23.2 Å². The molecule has 3 aromatic heterocycles. The summed E-state index contributed by atoms with van der Waals surface area (Å²) in [5.41, 5.74) is 5.43. The molecule has 7 heteroatoms. The van der Waals surface area contributed by atoms with E-state index in [1.165, 1.54) is 17.4 Å². The maximum absolute atomic E-state index is 14.3. The quantitative estimate of drug-likeness (QED) is 0.384. The molecule has 0 fully saturated rings. The monoisotopic (exact) mass is 389 g/mol. The van der Waals surface area contributed by atoms with Gasteiger partial charge in [-0.05, 0) is 19.1 Å². The van der Waals surface area contributed by atoms with E-state index >= 15 is 0 Å². The van der Waals surface area contributed by atoms with Crippen LogP contribution in [0.25, 0.3) is 32.6 Å². The zero-order chi connectivity index (χ0) is 17.6. The van der Waals surface area contributed by atoms with Crippen LogP contribution in [-0.4, -0.2) is 15.0 Å². The molecule has 3 nitrogen and oxygen atoms in total. The van der Waals surface area contributed by atoms with E-state index in [0.29, 0.717) is 22.2 Å². The fourth-order valence-corrected chi connectivity index (χ4v) is 3.91. The first-order valence-electron chi connectivity index (χ1n) is 7.36. The van der Waals surface area contributed by atoms with Gasteiger partial charge in [-0.3, -0.25) is 4.98 Å². The van der Waals surface area contributed by atoms with Crippen LogP contribution in [0.4, 0.5) is 4.39 Å². The predicted molar refractivity (Wildman–Crippen MR) is 101 cm³/mol. The van der Waals surface area contributed by atoms with Gasteiger partial charge >= 0.3 is 0 Å². The van der Waals surface area contributed by atoms with Gasteiger partial charge in [0.25, 0.3) is 0 Å². The van der Waals surface area contributed by atoms with Crippen molar-refractivity contribution in [2.75, 3.05) is 0 Å². The van der Waals surface area contributed by atoms with E-state index in [0.717, 1.165) is 16.1 Å². The SMILES string of the molecule is Cc1ncsc1-c1cnc2c(-c3ccccc3F)c(Cl)c(Cl)nc2c1. The minimum Gasteiger partial charge on any atom is -0.253 e. The van der Waals surface area contributed by atoms with Crippen LogP contribution < -0.4 is 0 Å². The van der Waals surface area contributed by atoms with Crippen LogP contribution in [0.15, 0.2) is 42.0 Å². The van der Waals surface area contributed by atoms with Crippen molar-refractivity contribution < 1.29 is 4.39 Å². The van der Waals surface area contributed by atoms with Crippen molar-refractivity contribution in [2.24, 2.45) is 0 Å². The molecular weight excluding hydrogens is 380 g/mol. The van der Waals surface area contributed by atoms with E-state index in [-0.39, 0.29) is 10.2 Å². The molecule has 0 radical (unpaired) electrons. The Kier molecular flexibility index (Phi) is 4.15. The Morgan fingerprint density at radius 1 is 1.12 bits per heavy atom. The highest BCUT2D eigenvalue weighted by molar-refractivity contribution is 7.13. The van der Waals surface area contributed by atoms with Gasteiger partial charge in [-0.2, -0.15) is 0 Å². The molecule has 25 heavy (non-hydrogen) atoms. The van der Waals surface area contributed by atoms with Crippen LogP contribution in [0.2, 0.25) is 10.2 Å². The first kappa shape index (κ1) is 16.4. The van der Waals surface area contributed by atoms with Crippen LogP contribution >= 0.6 is 34.5 Å². The maximum Gasteiger partial charge on any atom is 0.149 e. The molecule has 0 saturated carbocycles. The third kappa shape index (κ3) is 2.78. The molecule has 4 rings (SSSR count). The Bertz CT molecular complexity index is 1110. The average molecular weight is 390 g/mol. The van der Waals surface area contributed by atoms with Gasteiger partial charge in [0.05, 0.1) is 32.1 Å². The van der Waals surface area contributed by atoms with Crippen molar-refractivity contribution in [3.05, 3.63) is 63.7 Å². The number of fused-ring (bicyclic) bond motifs is 1. The second-order valence-electron chi connectivity index (χ2n) is 5.43. The van der Waals surface area contributed by atoms with Gasteiger partial charge in [-0.25, -0.2) is 14.4 Å². The fraction of sp³-hybridized carbons (Fsp3) is 0.0556. The predicted octanol–water partition coefficient (Wildman–Crippen LogP) is 6.17. The van der Waals surface area contributed by atoms with E-state index in [1.807, 2.05) is 13.0 Å². The van der Waals surface area contributed by atoms with Crippen molar-refractivity contribution in [2.45, 2.75) is 6.92 Å². The second kappa shape index (κ2) is 6.33. The second-order valence-corrected chi connectivity index (χ2v) is 7.02. The normalized spacial score (nSPS) is 11.2. The number of rotatable bonds is 2. The van der Waals surface area contributed by atoms with Crippen molar-refractivity contribution in [3.8, 4) is 21.6 Å². The minimum atomic E-state index is -0.392. The van der Waals surface area contributed by atoms with Crippen molar-refractivity contribution >= 4 is 45.6 Å². The third-order valence-electron chi connectivity index (χ3n) is 3.87. The van der Waals surface area contributed by atoms with Gasteiger partial charge in [-0.1, -0.05) is 41.4 Å². The lowest BCUT2D eigenvalue weighted by molar-refractivity contribution is 0.631. The summed E-state index contributed by atoms with van der Waals surface area (Å²) in [5, 5.41) is 0.306. The number of hydrogen-bond acceptors (Lipinski definition) is 4. The van der Waals surface area contributed by atoms with Crippen molar-refractivity contribution in [1.82, 2.24) is 15.0 Å². The molecule has 4 aromatic rings. The molecular formula is C18H10Cl2FN3S. The van der Waals surface area contributed by atoms with E-state index in [9.17, 15) is 4.39 Å². The minimum absolute atomic E-state index is 0.118. The molecule has 3 heterocycles. The first-order valence-corrected chi connectivity index (χ1v) is 9.00. The van der Waals surface area contributed by atoms with Crippen molar-refractivity contribution in [3.63, 3.8) is 0 Å². The van der Waals surface area contributed by atoms with Gasteiger partial charge in [-0.15, -0.1) is 11.3 Å². The molecule has 0 aliphatic rings. The lowest BCUT2D eigenvalue weighted by atomic mass is 10.0. The maximum atomic E-state index is 14.3. The zero-order valence-electron chi connectivity index (χ0n) is 12.9. The smallest absolute Gasteiger partial charge is 0.149 e. The van der Waals surface area contributed by atoms with Crippen LogP contribution in [0, 0.1) is 12.7 Å². The summed E-state index contributed by atoms with van der Waals surface area (Å²) in [7, 11) is 0. The molecule has 1 aromatic carbocycles. The molecule has 0 N–H and O–H groups in total. The van der Waals surface area contributed by atoms with Crippen LogP contribution in [-0.2, 0) is 0 Å². The van der Waals surface area contributed by atoms with Gasteiger partial charge in [0.2, 0.25) is 0 Å². The highest BCUT2D eigenvalue weighted by Crippen LogP contribution is 2.39. The molecule has 0 bridgehead atoms. The molecule has 0 unspecified atom stereocenters. The van der Waals surface area contributed by atoms with Gasteiger partial charge in [0.15, 0.2) is 0 Å². The van der Waals surface area contributed by atoms with Gasteiger partial charge < -0.3 is 0 Å². The molecule has 0 amide bonds. The number of benzene rings is 1. The molecule has 0 aliphatic heterocycles. The lowest BCUT2D eigenvalue weighted by Crippen LogP contribution is -1.94. The van der Waals surface area contributed by atoms with Gasteiger partial charge in [0.1, 0.15) is 11.0 Å². The zero-order valence-corrected chi connectivity index (χ0v) is 15.3. The summed E-state index contributed by atoms with van der Waals surface area (Å²) in [5.74, 6) is -0.392. The summed E-state index contributed by atoms with van der Waals surface area (Å²) in [6.07, 6.45) is 1.72. The Balaban J connectivity index is 2.02. The fourth-order valence-electron chi connectivity index (χ4n) is 2.71. The number of thiazole rings is 1. The number of aromatic nitrogens is 3. The highest BCUT2D eigenvalue weighted by Gasteiger charge is 2.19. The standard InChI is InChI=1S/C18H10Cl2FN3S/c1-9-17(25-8-23-9)10-6-13-16(22-7-10)14(15(19)18(20)24-13)11-4-2-3-5-12(11)21/h2-8H,1H3. The van der Waals surface area contributed by atoms with E-state index in [2.05, 4.69) is 15.0 Å². The topological polar surface area (TPSA) is 38.7 Å². The number of aryl methyl sites for hydroxylation is 1. The van der Waals surface area contributed by atoms with Crippen LogP contribution in [0.3, 0.4) is 0 Å². The summed E-state index contributed by atoms with van der Waals surface area (Å²) in [6.45, 7) is 1.93. The Hall–Kier alpha value is -2.08. The number of hydrogen-bond donors (Lipinski definition) is 0. The molecule has 0 atom stereocenters. The average Bonchev–Trinajstić information content (AvgIpc) is 3.03. The van der Waals surface area contributed by atoms with Gasteiger partial charge in [0, 0.05) is 22.9 Å². The molecule has 0 spiro atoms. The Morgan fingerprint density at radius 2 is 1.92 bits per heavy atom. The summed E-state index contributed by atoms with van der Waals surface area (Å²) in [4.78, 5) is 14.1. The van der Waals surface area contributed by atoms with Crippen molar-refractivity contribution in [1.29, 1.82) is 0 Å².